The van der Waals surface area contributed by atoms with E-state index in [1.807, 2.05) is 16.7 Å². The summed E-state index contributed by atoms with van der Waals surface area (Å²) in [5.74, 6) is 0.594. The number of carbonyl (C=O) groups excluding carboxylic acids is 2. The molecule has 4 rings (SSSR count). The van der Waals surface area contributed by atoms with Crippen LogP contribution in [0.3, 0.4) is 0 Å². The predicted molar refractivity (Wildman–Crippen MR) is 108 cm³/mol. The Labute approximate surface area is 173 Å². The molecule has 8 heteroatoms. The quantitative estimate of drug-likeness (QED) is 0.724. The fraction of sp³-hybridized carbons (Fsp3) is 0.905. The molecule has 1 saturated carbocycles. The molecule has 4 fully saturated rings. The second kappa shape index (κ2) is 8.68. The molecule has 4 aliphatic rings. The molecule has 3 saturated heterocycles. The Hall–Kier alpha value is -1.54. The van der Waals surface area contributed by atoms with E-state index in [4.69, 9.17) is 9.57 Å². The third kappa shape index (κ3) is 4.19. The second-order valence-electron chi connectivity index (χ2n) is 9.32. The van der Waals surface area contributed by atoms with Crippen LogP contribution in [0.1, 0.15) is 51.9 Å². The summed E-state index contributed by atoms with van der Waals surface area (Å²) in [5, 5.41) is 0. The van der Waals surface area contributed by atoms with E-state index in [9.17, 15) is 9.59 Å². The lowest BCUT2D eigenvalue weighted by molar-refractivity contribution is -0.0152. The molecule has 1 N–H and O–H groups in total. The SMILES string of the molecule is CCOC(=O)N1CCC2(CC(N3CCC(C4CCCN4C(=O)NOC)CC3)C2)C1. The Kier molecular flexibility index (Phi) is 6.20. The zero-order chi connectivity index (χ0) is 20.4. The van der Waals surface area contributed by atoms with Crippen molar-refractivity contribution in [3.63, 3.8) is 0 Å². The summed E-state index contributed by atoms with van der Waals surface area (Å²) in [4.78, 5) is 35.6. The number of hydrogen-bond donors (Lipinski definition) is 1. The monoisotopic (exact) mass is 408 g/mol. The normalized spacial score (nSPS) is 33.2. The lowest BCUT2D eigenvalue weighted by Gasteiger charge is -2.52. The summed E-state index contributed by atoms with van der Waals surface area (Å²) < 4.78 is 5.17. The van der Waals surface area contributed by atoms with Crippen LogP contribution in [0.15, 0.2) is 0 Å². The number of nitrogens with zero attached hydrogens (tertiary/aromatic N) is 3. The number of likely N-dealkylation sites (tertiary alicyclic amines) is 3. The molecular weight excluding hydrogens is 372 g/mol. The Morgan fingerprint density at radius 2 is 1.86 bits per heavy atom. The van der Waals surface area contributed by atoms with E-state index in [2.05, 4.69) is 10.4 Å². The highest BCUT2D eigenvalue weighted by Gasteiger charge is 2.51. The largest absolute Gasteiger partial charge is 0.450 e. The third-order valence-corrected chi connectivity index (χ3v) is 7.69. The minimum absolute atomic E-state index is 0.0919. The van der Waals surface area contributed by atoms with Gasteiger partial charge in [-0.15, -0.1) is 0 Å². The highest BCUT2D eigenvalue weighted by atomic mass is 16.6. The number of ether oxygens (including phenoxy) is 1. The number of carbonyl (C=O) groups is 2. The first-order valence-corrected chi connectivity index (χ1v) is 11.3. The molecule has 0 aromatic carbocycles. The van der Waals surface area contributed by atoms with Crippen LogP contribution in [0.4, 0.5) is 9.59 Å². The van der Waals surface area contributed by atoms with Crippen molar-refractivity contribution in [2.24, 2.45) is 11.3 Å². The van der Waals surface area contributed by atoms with E-state index in [1.165, 1.54) is 32.8 Å². The summed E-state index contributed by atoms with van der Waals surface area (Å²) in [6, 6.07) is 0.924. The van der Waals surface area contributed by atoms with Crippen molar-refractivity contribution in [2.75, 3.05) is 46.4 Å². The first kappa shape index (κ1) is 20.7. The van der Waals surface area contributed by atoms with Gasteiger partial charge in [0.25, 0.3) is 0 Å². The number of piperidine rings is 1. The molecule has 29 heavy (non-hydrogen) atoms. The summed E-state index contributed by atoms with van der Waals surface area (Å²) in [6.45, 7) is 7.11. The summed E-state index contributed by atoms with van der Waals surface area (Å²) in [5.41, 5.74) is 2.82. The Morgan fingerprint density at radius 3 is 2.55 bits per heavy atom. The number of rotatable bonds is 4. The number of hydroxylamine groups is 1. The molecule has 0 aromatic rings. The Morgan fingerprint density at radius 1 is 1.10 bits per heavy atom. The molecule has 1 unspecified atom stereocenters. The molecule has 0 bridgehead atoms. The van der Waals surface area contributed by atoms with Crippen LogP contribution < -0.4 is 5.48 Å². The number of amides is 3. The van der Waals surface area contributed by atoms with Crippen molar-refractivity contribution < 1.29 is 19.2 Å². The minimum Gasteiger partial charge on any atom is -0.450 e. The van der Waals surface area contributed by atoms with Crippen molar-refractivity contribution in [1.29, 1.82) is 0 Å². The van der Waals surface area contributed by atoms with Gasteiger partial charge in [0.2, 0.25) is 0 Å². The van der Waals surface area contributed by atoms with Gasteiger partial charge in [0, 0.05) is 31.7 Å². The third-order valence-electron chi connectivity index (χ3n) is 7.69. The predicted octanol–water partition coefficient (Wildman–Crippen LogP) is 2.44. The smallest absolute Gasteiger partial charge is 0.409 e. The van der Waals surface area contributed by atoms with Crippen molar-refractivity contribution in [3.05, 3.63) is 0 Å². The Bertz CT molecular complexity index is 601. The van der Waals surface area contributed by atoms with Gasteiger partial charge in [0.05, 0.1) is 13.7 Å². The Balaban J connectivity index is 1.22. The molecule has 1 atom stereocenters. The van der Waals surface area contributed by atoms with E-state index in [0.29, 0.717) is 30.0 Å². The lowest BCUT2D eigenvalue weighted by atomic mass is 9.64. The first-order chi connectivity index (χ1) is 14.0. The van der Waals surface area contributed by atoms with E-state index >= 15 is 0 Å². The summed E-state index contributed by atoms with van der Waals surface area (Å²) in [7, 11) is 1.49. The van der Waals surface area contributed by atoms with E-state index < -0.39 is 0 Å². The van der Waals surface area contributed by atoms with Crippen molar-refractivity contribution in [1.82, 2.24) is 20.2 Å². The highest BCUT2D eigenvalue weighted by Crippen LogP contribution is 2.51. The molecule has 0 radical (unpaired) electrons. The van der Waals surface area contributed by atoms with Gasteiger partial charge >= 0.3 is 12.1 Å². The summed E-state index contributed by atoms with van der Waals surface area (Å²) >= 11 is 0. The van der Waals surface area contributed by atoms with E-state index in [0.717, 1.165) is 52.0 Å². The van der Waals surface area contributed by atoms with Crippen molar-refractivity contribution >= 4 is 12.1 Å². The average molecular weight is 409 g/mol. The molecule has 3 heterocycles. The molecule has 164 valence electrons. The zero-order valence-corrected chi connectivity index (χ0v) is 17.9. The van der Waals surface area contributed by atoms with Crippen LogP contribution in [0.5, 0.6) is 0 Å². The molecular formula is C21H36N4O4. The molecule has 8 nitrogen and oxygen atoms in total. The van der Waals surface area contributed by atoms with Gasteiger partial charge in [-0.1, -0.05) is 0 Å². The van der Waals surface area contributed by atoms with Gasteiger partial charge in [-0.25, -0.2) is 15.1 Å². The van der Waals surface area contributed by atoms with Crippen LogP contribution in [0.25, 0.3) is 0 Å². The van der Waals surface area contributed by atoms with Gasteiger partial charge in [-0.3, -0.25) is 4.84 Å². The highest BCUT2D eigenvalue weighted by molar-refractivity contribution is 5.73. The molecule has 0 aromatic heterocycles. The number of nitrogens with one attached hydrogen (secondary N) is 1. The minimum atomic E-state index is -0.146. The second-order valence-corrected chi connectivity index (χ2v) is 9.32. The average Bonchev–Trinajstić information content (AvgIpc) is 3.35. The van der Waals surface area contributed by atoms with Crippen molar-refractivity contribution in [3.8, 4) is 0 Å². The van der Waals surface area contributed by atoms with Crippen LogP contribution in [-0.4, -0.2) is 85.3 Å². The first-order valence-electron chi connectivity index (χ1n) is 11.3. The number of urea groups is 1. The van der Waals surface area contributed by atoms with Crippen LogP contribution in [-0.2, 0) is 9.57 Å². The van der Waals surface area contributed by atoms with Crippen LogP contribution in [0, 0.1) is 11.3 Å². The van der Waals surface area contributed by atoms with Crippen molar-refractivity contribution in [2.45, 2.75) is 64.0 Å². The van der Waals surface area contributed by atoms with E-state index in [-0.39, 0.29) is 12.1 Å². The molecule has 1 aliphatic carbocycles. The lowest BCUT2D eigenvalue weighted by Crippen LogP contribution is -2.55. The van der Waals surface area contributed by atoms with E-state index in [1.54, 1.807) is 0 Å². The van der Waals surface area contributed by atoms with Gasteiger partial charge in [-0.05, 0) is 76.3 Å². The zero-order valence-electron chi connectivity index (χ0n) is 17.9. The fourth-order valence-corrected chi connectivity index (χ4v) is 6.19. The van der Waals surface area contributed by atoms with Gasteiger partial charge in [-0.2, -0.15) is 0 Å². The number of hydrogen-bond acceptors (Lipinski definition) is 5. The van der Waals surface area contributed by atoms with Gasteiger partial charge < -0.3 is 19.4 Å². The molecule has 3 amide bonds. The van der Waals surface area contributed by atoms with Crippen LogP contribution in [0.2, 0.25) is 0 Å². The molecule has 1 spiro atoms. The van der Waals surface area contributed by atoms with Crippen LogP contribution >= 0.6 is 0 Å². The standard InChI is InChI=1S/C21H36N4O4/c1-3-29-20(27)24-12-8-21(15-24)13-17(14-21)23-10-6-16(7-11-23)18-5-4-9-25(18)19(26)22-28-2/h16-18H,3-15H2,1-2H3,(H,22,26). The molecule has 3 aliphatic heterocycles. The fourth-order valence-electron chi connectivity index (χ4n) is 6.19. The maximum atomic E-state index is 12.2. The maximum Gasteiger partial charge on any atom is 0.409 e. The maximum absolute atomic E-state index is 12.2. The summed E-state index contributed by atoms with van der Waals surface area (Å²) in [6.07, 6.45) is 7.91. The topological polar surface area (TPSA) is 74.4 Å². The van der Waals surface area contributed by atoms with Gasteiger partial charge in [0.1, 0.15) is 0 Å². The van der Waals surface area contributed by atoms with Gasteiger partial charge in [0.15, 0.2) is 0 Å².